The van der Waals surface area contributed by atoms with Gasteiger partial charge in [0, 0.05) is 32.1 Å². The lowest BCUT2D eigenvalue weighted by molar-refractivity contribution is -0.141. The van der Waals surface area contributed by atoms with Gasteiger partial charge in [-0.25, -0.2) is 4.98 Å². The van der Waals surface area contributed by atoms with E-state index in [0.29, 0.717) is 19.6 Å². The summed E-state index contributed by atoms with van der Waals surface area (Å²) in [4.78, 5) is 36.7. The smallest absolute Gasteiger partial charge is 0.236 e. The molecule has 6 nitrogen and oxygen atoms in total. The summed E-state index contributed by atoms with van der Waals surface area (Å²) in [7, 11) is 1.88. The van der Waals surface area contributed by atoms with Gasteiger partial charge in [0.1, 0.15) is 5.01 Å². The predicted molar refractivity (Wildman–Crippen MR) is 125 cm³/mol. The number of carbonyl (C=O) groups is 2. The van der Waals surface area contributed by atoms with Gasteiger partial charge in [-0.05, 0) is 58.2 Å². The van der Waals surface area contributed by atoms with Crippen molar-refractivity contribution in [2.24, 2.45) is 5.92 Å². The van der Waals surface area contributed by atoms with E-state index in [4.69, 9.17) is 4.98 Å². The fraction of sp³-hybridized carbons (Fsp3) is 0.625. The highest BCUT2D eigenvalue weighted by atomic mass is 32.1. The van der Waals surface area contributed by atoms with E-state index in [0.717, 1.165) is 42.8 Å². The zero-order chi connectivity index (χ0) is 22.0. The van der Waals surface area contributed by atoms with Crippen LogP contribution in [0.1, 0.15) is 57.0 Å². The highest BCUT2D eigenvalue weighted by Crippen LogP contribution is 2.35. The van der Waals surface area contributed by atoms with Gasteiger partial charge < -0.3 is 9.80 Å². The van der Waals surface area contributed by atoms with Crippen LogP contribution < -0.4 is 0 Å². The fourth-order valence-corrected chi connectivity index (χ4v) is 5.82. The monoisotopic (exact) mass is 442 g/mol. The molecule has 1 aromatic heterocycles. The van der Waals surface area contributed by atoms with Gasteiger partial charge >= 0.3 is 0 Å². The number of carbonyl (C=O) groups excluding carboxylic acids is 2. The van der Waals surface area contributed by atoms with Crippen molar-refractivity contribution in [3.05, 3.63) is 29.3 Å². The van der Waals surface area contributed by atoms with E-state index < -0.39 is 0 Å². The van der Waals surface area contributed by atoms with E-state index >= 15 is 0 Å². The van der Waals surface area contributed by atoms with E-state index in [1.54, 1.807) is 11.3 Å². The van der Waals surface area contributed by atoms with Crippen LogP contribution >= 0.6 is 11.3 Å². The summed E-state index contributed by atoms with van der Waals surface area (Å²) in [6.45, 7) is 6.83. The maximum Gasteiger partial charge on any atom is 0.236 e. The molecular weight excluding hydrogens is 408 g/mol. The van der Waals surface area contributed by atoms with Crippen LogP contribution in [0.2, 0.25) is 0 Å². The zero-order valence-corrected chi connectivity index (χ0v) is 19.7. The molecule has 168 valence electrons. The predicted octanol–water partition coefficient (Wildman–Crippen LogP) is 3.93. The molecule has 0 aliphatic carbocycles. The Hall–Kier alpha value is -1.99. The second-order valence-electron chi connectivity index (χ2n) is 9.20. The van der Waals surface area contributed by atoms with Crippen molar-refractivity contribution in [1.29, 1.82) is 0 Å². The van der Waals surface area contributed by atoms with Gasteiger partial charge in [-0.15, -0.1) is 11.3 Å². The molecule has 2 amide bonds. The van der Waals surface area contributed by atoms with Gasteiger partial charge in [-0.2, -0.15) is 0 Å². The van der Waals surface area contributed by atoms with Crippen molar-refractivity contribution in [1.82, 2.24) is 19.7 Å². The minimum absolute atomic E-state index is 0.0435. The molecule has 1 aromatic carbocycles. The summed E-state index contributed by atoms with van der Waals surface area (Å²) in [5, 5.41) is 1.13. The Labute approximate surface area is 189 Å². The molecule has 0 spiro atoms. The van der Waals surface area contributed by atoms with Crippen LogP contribution in [0.25, 0.3) is 10.2 Å². The first-order valence-electron chi connectivity index (χ1n) is 11.6. The molecule has 1 unspecified atom stereocenters. The fourth-order valence-electron chi connectivity index (χ4n) is 4.68. The lowest BCUT2D eigenvalue weighted by atomic mass is 9.94. The molecule has 1 atom stereocenters. The number of fused-ring (bicyclic) bond motifs is 1. The van der Waals surface area contributed by atoms with Crippen LogP contribution in [0, 0.1) is 5.92 Å². The van der Waals surface area contributed by atoms with Crippen molar-refractivity contribution in [2.45, 2.75) is 58.0 Å². The first-order valence-corrected chi connectivity index (χ1v) is 12.4. The SMILES string of the molecule is CC(C)N(C)C(=O)C1CCN(C(=O)CN2CCCCC2c2nc3ccccc3s2)CC1. The molecule has 0 bridgehead atoms. The molecule has 3 heterocycles. The van der Waals surface area contributed by atoms with E-state index in [9.17, 15) is 9.59 Å². The highest BCUT2D eigenvalue weighted by Gasteiger charge is 2.33. The Morgan fingerprint density at radius 3 is 2.58 bits per heavy atom. The normalized spacial score (nSPS) is 21.0. The zero-order valence-electron chi connectivity index (χ0n) is 18.9. The molecule has 0 radical (unpaired) electrons. The summed E-state index contributed by atoms with van der Waals surface area (Å²) in [6, 6.07) is 8.72. The number of hydrogen-bond acceptors (Lipinski definition) is 5. The Balaban J connectivity index is 1.36. The quantitative estimate of drug-likeness (QED) is 0.704. The average Bonchev–Trinajstić information content (AvgIpc) is 3.22. The Morgan fingerprint density at radius 1 is 1.13 bits per heavy atom. The lowest BCUT2D eigenvalue weighted by Gasteiger charge is -2.38. The van der Waals surface area contributed by atoms with Crippen LogP contribution in [0.15, 0.2) is 24.3 Å². The third kappa shape index (κ3) is 4.93. The maximum absolute atomic E-state index is 13.1. The molecule has 4 rings (SSSR count). The molecular formula is C24H34N4O2S. The van der Waals surface area contributed by atoms with E-state index in [1.807, 2.05) is 36.8 Å². The van der Waals surface area contributed by atoms with Crippen molar-refractivity contribution < 1.29 is 9.59 Å². The summed E-state index contributed by atoms with van der Waals surface area (Å²) >= 11 is 1.76. The number of amides is 2. The minimum atomic E-state index is 0.0435. The van der Waals surface area contributed by atoms with E-state index in [2.05, 4.69) is 23.1 Å². The van der Waals surface area contributed by atoms with Gasteiger partial charge in [0.2, 0.25) is 11.8 Å². The van der Waals surface area contributed by atoms with Crippen LogP contribution in [0.3, 0.4) is 0 Å². The number of thiazole rings is 1. The number of likely N-dealkylation sites (tertiary alicyclic amines) is 2. The summed E-state index contributed by atoms with van der Waals surface area (Å²) in [5.41, 5.74) is 1.05. The molecule has 31 heavy (non-hydrogen) atoms. The van der Waals surface area contributed by atoms with Crippen LogP contribution in [-0.4, -0.2) is 70.8 Å². The molecule has 2 fully saturated rings. The van der Waals surface area contributed by atoms with Gasteiger partial charge in [0.25, 0.3) is 0 Å². The van der Waals surface area contributed by atoms with Crippen molar-refractivity contribution in [2.75, 3.05) is 33.2 Å². The van der Waals surface area contributed by atoms with Crippen LogP contribution in [0.4, 0.5) is 0 Å². The number of hydrogen-bond donors (Lipinski definition) is 0. The lowest BCUT2D eigenvalue weighted by Crippen LogP contribution is -2.48. The van der Waals surface area contributed by atoms with Gasteiger partial charge in [-0.3, -0.25) is 14.5 Å². The summed E-state index contributed by atoms with van der Waals surface area (Å²) < 4.78 is 1.22. The topological polar surface area (TPSA) is 56.8 Å². The van der Waals surface area contributed by atoms with Gasteiger partial charge in [0.05, 0.1) is 22.8 Å². The number of aromatic nitrogens is 1. The van der Waals surface area contributed by atoms with Crippen molar-refractivity contribution in [3.8, 4) is 0 Å². The van der Waals surface area contributed by atoms with E-state index in [1.165, 1.54) is 11.1 Å². The van der Waals surface area contributed by atoms with Gasteiger partial charge in [0.15, 0.2) is 0 Å². The third-order valence-corrected chi connectivity index (χ3v) is 8.00. The van der Waals surface area contributed by atoms with Crippen molar-refractivity contribution >= 4 is 33.4 Å². The van der Waals surface area contributed by atoms with Crippen LogP contribution in [0.5, 0.6) is 0 Å². The first-order chi connectivity index (χ1) is 14.9. The largest absolute Gasteiger partial charge is 0.343 e. The Bertz CT molecular complexity index is 886. The molecule has 0 N–H and O–H groups in total. The average molecular weight is 443 g/mol. The Morgan fingerprint density at radius 2 is 1.87 bits per heavy atom. The first kappa shape index (κ1) is 22.2. The molecule has 2 aliphatic heterocycles. The number of piperidine rings is 2. The summed E-state index contributed by atoms with van der Waals surface area (Å²) in [6.07, 6.45) is 4.91. The second-order valence-corrected chi connectivity index (χ2v) is 10.3. The number of rotatable bonds is 5. The van der Waals surface area contributed by atoms with Crippen molar-refractivity contribution in [3.63, 3.8) is 0 Å². The third-order valence-electron chi connectivity index (χ3n) is 6.87. The van der Waals surface area contributed by atoms with Gasteiger partial charge in [-0.1, -0.05) is 18.6 Å². The summed E-state index contributed by atoms with van der Waals surface area (Å²) in [5.74, 6) is 0.451. The number of para-hydroxylation sites is 1. The molecule has 2 aliphatic rings. The van der Waals surface area contributed by atoms with Crippen LogP contribution in [-0.2, 0) is 9.59 Å². The van der Waals surface area contributed by atoms with E-state index in [-0.39, 0.29) is 29.8 Å². The highest BCUT2D eigenvalue weighted by molar-refractivity contribution is 7.18. The standard InChI is InChI=1S/C24H34N4O2S/c1-17(2)26(3)24(30)18-11-14-27(15-12-18)22(29)16-28-13-7-6-9-20(28)23-25-19-8-4-5-10-21(19)31-23/h4-5,8,10,17-18,20H,6-7,9,11-16H2,1-3H3. The molecule has 7 heteroatoms. The molecule has 2 aromatic rings. The molecule has 0 saturated carbocycles. The molecule has 2 saturated heterocycles. The number of nitrogens with zero attached hydrogens (tertiary/aromatic N) is 4. The minimum Gasteiger partial charge on any atom is -0.343 e. The number of benzene rings is 1. The Kier molecular flexibility index (Phi) is 6.92. The second kappa shape index (κ2) is 9.65. The maximum atomic E-state index is 13.1.